The molecular weight excluding hydrogens is 220 g/mol. The van der Waals surface area contributed by atoms with E-state index in [0.717, 1.165) is 5.39 Å². The maximum atomic E-state index is 10.9. The van der Waals surface area contributed by atoms with E-state index < -0.39 is 12.3 Å². The summed E-state index contributed by atoms with van der Waals surface area (Å²) in [6.45, 7) is 1.27. The third-order valence-electron chi connectivity index (χ3n) is 2.44. The Bertz CT molecular complexity index is 560. The van der Waals surface area contributed by atoms with E-state index in [1.165, 1.54) is 6.92 Å². The van der Waals surface area contributed by atoms with Crippen molar-refractivity contribution in [3.63, 3.8) is 0 Å². The molecule has 0 atom stereocenters. The van der Waals surface area contributed by atoms with Crippen molar-refractivity contribution in [3.8, 4) is 5.75 Å². The van der Waals surface area contributed by atoms with Crippen molar-refractivity contribution in [1.29, 1.82) is 0 Å². The lowest BCUT2D eigenvalue weighted by atomic mass is 10.0. The first kappa shape index (κ1) is 11.6. The van der Waals surface area contributed by atoms with Crippen molar-refractivity contribution in [2.75, 3.05) is 0 Å². The number of hydrogen-bond acceptors (Lipinski definition) is 4. The van der Waals surface area contributed by atoms with Crippen molar-refractivity contribution in [2.24, 2.45) is 0 Å². The van der Waals surface area contributed by atoms with E-state index in [9.17, 15) is 15.0 Å². The van der Waals surface area contributed by atoms with E-state index in [-0.39, 0.29) is 11.3 Å². The van der Waals surface area contributed by atoms with Gasteiger partial charge < -0.3 is 14.9 Å². The van der Waals surface area contributed by atoms with Gasteiger partial charge in [0.15, 0.2) is 6.29 Å². The summed E-state index contributed by atoms with van der Waals surface area (Å²) < 4.78 is 4.96. The van der Waals surface area contributed by atoms with Crippen molar-refractivity contribution >= 4 is 16.7 Å². The molecule has 0 amide bonds. The van der Waals surface area contributed by atoms with Crippen LogP contribution in [-0.2, 0) is 4.79 Å². The third-order valence-corrected chi connectivity index (χ3v) is 2.44. The molecule has 4 nitrogen and oxygen atoms in total. The summed E-state index contributed by atoms with van der Waals surface area (Å²) in [6, 6.07) is 10.5. The molecule has 2 rings (SSSR count). The lowest BCUT2D eigenvalue weighted by molar-refractivity contribution is -0.132. The summed E-state index contributed by atoms with van der Waals surface area (Å²) in [6.07, 6.45) is -1.68. The van der Waals surface area contributed by atoms with Crippen LogP contribution in [0, 0.1) is 0 Å². The quantitative estimate of drug-likeness (QED) is 0.470. The predicted octanol–water partition coefficient (Wildman–Crippen LogP) is 1.75. The number of fused-ring (bicyclic) bond motifs is 1. The zero-order valence-corrected chi connectivity index (χ0v) is 9.25. The van der Waals surface area contributed by atoms with Crippen LogP contribution in [0.15, 0.2) is 36.4 Å². The number of benzene rings is 2. The summed E-state index contributed by atoms with van der Waals surface area (Å²) in [5.74, 6) is -0.326. The molecule has 17 heavy (non-hydrogen) atoms. The minimum Gasteiger partial charge on any atom is -0.426 e. The number of carbonyl (C=O) groups is 1. The van der Waals surface area contributed by atoms with Crippen molar-refractivity contribution in [3.05, 3.63) is 42.0 Å². The summed E-state index contributed by atoms with van der Waals surface area (Å²) in [5.41, 5.74) is 0.207. The molecule has 0 aliphatic heterocycles. The molecule has 0 saturated carbocycles. The highest BCUT2D eigenvalue weighted by Crippen LogP contribution is 2.32. The average molecular weight is 232 g/mol. The van der Waals surface area contributed by atoms with Gasteiger partial charge in [-0.1, -0.05) is 30.3 Å². The Morgan fingerprint density at radius 3 is 2.53 bits per heavy atom. The summed E-state index contributed by atoms with van der Waals surface area (Å²) in [7, 11) is 0. The lowest BCUT2D eigenvalue weighted by Gasteiger charge is -2.13. The molecule has 0 heterocycles. The molecule has 4 heteroatoms. The Labute approximate surface area is 98.1 Å². The minimum atomic E-state index is -1.68. The smallest absolute Gasteiger partial charge is 0.308 e. The van der Waals surface area contributed by atoms with Gasteiger partial charge in [0.05, 0.1) is 5.56 Å². The molecule has 0 aromatic heterocycles. The van der Waals surface area contributed by atoms with Gasteiger partial charge in [0.25, 0.3) is 0 Å². The van der Waals surface area contributed by atoms with Crippen LogP contribution in [0.5, 0.6) is 5.75 Å². The lowest BCUT2D eigenvalue weighted by Crippen LogP contribution is -2.07. The molecule has 88 valence electrons. The molecule has 0 spiro atoms. The molecule has 0 fully saturated rings. The van der Waals surface area contributed by atoms with Gasteiger partial charge in [0, 0.05) is 6.92 Å². The SMILES string of the molecule is CC(=O)Oc1ccc2ccccc2c1C(O)O. The maximum absolute atomic E-state index is 10.9. The second-order valence-corrected chi connectivity index (χ2v) is 3.67. The van der Waals surface area contributed by atoms with Crippen LogP contribution in [0.4, 0.5) is 0 Å². The Kier molecular flexibility index (Phi) is 3.08. The van der Waals surface area contributed by atoms with Crippen molar-refractivity contribution in [2.45, 2.75) is 13.2 Å². The highest BCUT2D eigenvalue weighted by Gasteiger charge is 2.15. The highest BCUT2D eigenvalue weighted by atomic mass is 16.5. The summed E-state index contributed by atoms with van der Waals surface area (Å²) in [4.78, 5) is 10.9. The summed E-state index contributed by atoms with van der Waals surface area (Å²) >= 11 is 0. The maximum Gasteiger partial charge on any atom is 0.308 e. The van der Waals surface area contributed by atoms with Crippen LogP contribution in [0.3, 0.4) is 0 Å². The number of carbonyl (C=O) groups excluding carboxylic acids is 1. The first-order valence-corrected chi connectivity index (χ1v) is 5.16. The van der Waals surface area contributed by atoms with E-state index >= 15 is 0 Å². The van der Waals surface area contributed by atoms with Gasteiger partial charge >= 0.3 is 5.97 Å². The summed E-state index contributed by atoms with van der Waals surface area (Å²) in [5, 5.41) is 20.3. The number of ether oxygens (including phenoxy) is 1. The minimum absolute atomic E-state index is 0.172. The molecule has 0 aliphatic carbocycles. The van der Waals surface area contributed by atoms with Crippen LogP contribution in [-0.4, -0.2) is 16.2 Å². The molecule has 0 radical (unpaired) electrons. The van der Waals surface area contributed by atoms with Crippen LogP contribution in [0.1, 0.15) is 18.8 Å². The highest BCUT2D eigenvalue weighted by molar-refractivity contribution is 5.88. The number of aliphatic hydroxyl groups is 2. The van der Waals surface area contributed by atoms with E-state index in [0.29, 0.717) is 5.39 Å². The molecular formula is C13H12O4. The molecule has 2 aromatic carbocycles. The number of aliphatic hydroxyl groups excluding tert-OH is 1. The monoisotopic (exact) mass is 232 g/mol. The number of esters is 1. The fraction of sp³-hybridized carbons (Fsp3) is 0.154. The van der Waals surface area contributed by atoms with Gasteiger partial charge in [-0.05, 0) is 16.8 Å². The molecule has 0 unspecified atom stereocenters. The number of rotatable bonds is 2. The first-order chi connectivity index (χ1) is 8.09. The molecule has 2 N–H and O–H groups in total. The fourth-order valence-electron chi connectivity index (χ4n) is 1.79. The van der Waals surface area contributed by atoms with Gasteiger partial charge in [-0.2, -0.15) is 0 Å². The fourth-order valence-corrected chi connectivity index (χ4v) is 1.79. The van der Waals surface area contributed by atoms with E-state index in [4.69, 9.17) is 4.74 Å². The Morgan fingerprint density at radius 1 is 1.18 bits per heavy atom. The average Bonchev–Trinajstić information content (AvgIpc) is 2.27. The standard InChI is InChI=1S/C13H12O4/c1-8(14)17-11-7-6-9-4-2-3-5-10(9)12(11)13(15)16/h2-7,13,15-16H,1H3. The zero-order valence-electron chi connectivity index (χ0n) is 9.25. The van der Waals surface area contributed by atoms with E-state index in [1.807, 2.05) is 12.1 Å². The Morgan fingerprint density at radius 2 is 1.88 bits per heavy atom. The van der Waals surface area contributed by atoms with Crippen LogP contribution < -0.4 is 4.74 Å². The number of hydrogen-bond donors (Lipinski definition) is 2. The predicted molar refractivity (Wildman–Crippen MR) is 62.4 cm³/mol. The van der Waals surface area contributed by atoms with Crippen LogP contribution >= 0.6 is 0 Å². The molecule has 0 bridgehead atoms. The first-order valence-electron chi connectivity index (χ1n) is 5.16. The van der Waals surface area contributed by atoms with Crippen molar-refractivity contribution in [1.82, 2.24) is 0 Å². The normalized spacial score (nSPS) is 10.8. The van der Waals surface area contributed by atoms with Crippen molar-refractivity contribution < 1.29 is 19.7 Å². The molecule has 2 aromatic rings. The molecule has 0 saturated heterocycles. The largest absolute Gasteiger partial charge is 0.426 e. The molecule has 0 aliphatic rings. The zero-order chi connectivity index (χ0) is 12.4. The van der Waals surface area contributed by atoms with Gasteiger partial charge in [0.2, 0.25) is 0 Å². The van der Waals surface area contributed by atoms with Gasteiger partial charge in [-0.3, -0.25) is 4.79 Å². The van der Waals surface area contributed by atoms with Crippen LogP contribution in [0.2, 0.25) is 0 Å². The topological polar surface area (TPSA) is 66.8 Å². The van der Waals surface area contributed by atoms with Gasteiger partial charge in [-0.15, -0.1) is 0 Å². The van der Waals surface area contributed by atoms with E-state index in [2.05, 4.69) is 0 Å². The third kappa shape index (κ3) is 2.27. The van der Waals surface area contributed by atoms with Gasteiger partial charge in [-0.25, -0.2) is 0 Å². The van der Waals surface area contributed by atoms with E-state index in [1.54, 1.807) is 24.3 Å². The van der Waals surface area contributed by atoms with Crippen LogP contribution in [0.25, 0.3) is 10.8 Å². The Hall–Kier alpha value is -1.91. The second-order valence-electron chi connectivity index (χ2n) is 3.67. The Balaban J connectivity index is 2.68. The second kappa shape index (κ2) is 4.53. The van der Waals surface area contributed by atoms with Gasteiger partial charge in [0.1, 0.15) is 5.75 Å².